The molecule has 1 fully saturated rings. The molecule has 6 nitrogen and oxygen atoms in total. The van der Waals surface area contributed by atoms with Gasteiger partial charge in [0.25, 0.3) is 0 Å². The van der Waals surface area contributed by atoms with E-state index in [-0.39, 0.29) is 6.61 Å². The second kappa shape index (κ2) is 9.20. The highest BCUT2D eigenvalue weighted by atomic mass is 32.2. The second-order valence-electron chi connectivity index (χ2n) is 7.60. The molecule has 0 aliphatic carbocycles. The van der Waals surface area contributed by atoms with Gasteiger partial charge in [-0.1, -0.05) is 60.7 Å². The highest BCUT2D eigenvalue weighted by Gasteiger charge is 2.45. The van der Waals surface area contributed by atoms with Gasteiger partial charge in [-0.15, -0.1) is 0 Å². The molecule has 0 radical (unpaired) electrons. The van der Waals surface area contributed by atoms with Crippen LogP contribution in [0.3, 0.4) is 0 Å². The van der Waals surface area contributed by atoms with Crippen LogP contribution in [0.1, 0.15) is 17.2 Å². The van der Waals surface area contributed by atoms with Crippen LogP contribution in [0.2, 0.25) is 0 Å². The van der Waals surface area contributed by atoms with Gasteiger partial charge in [-0.3, -0.25) is 4.84 Å². The van der Waals surface area contributed by atoms with Gasteiger partial charge in [0.1, 0.15) is 16.7 Å². The maximum absolute atomic E-state index is 13.4. The number of hydroxylamine groups is 2. The standard InChI is InChI=1S/C24H26N2O4S/c1-25(17-19-10-5-3-6-11-19)31(27,28)23-18-29-26(2)24(23)20-12-9-15-22(16-20)30-21-13-7-4-8-14-21/h3-16,23-24H,17-18H2,1-2H3/t23-,24-/m0/s1. The number of benzene rings is 3. The molecule has 3 aromatic rings. The Morgan fingerprint density at radius 2 is 1.61 bits per heavy atom. The summed E-state index contributed by atoms with van der Waals surface area (Å²) in [7, 11) is -0.229. The molecule has 2 atom stereocenters. The van der Waals surface area contributed by atoms with Crippen molar-refractivity contribution < 1.29 is 18.0 Å². The quantitative estimate of drug-likeness (QED) is 0.553. The summed E-state index contributed by atoms with van der Waals surface area (Å²) in [4.78, 5) is 5.66. The molecule has 1 heterocycles. The Labute approximate surface area is 183 Å². The highest BCUT2D eigenvalue weighted by Crippen LogP contribution is 2.36. The van der Waals surface area contributed by atoms with Gasteiger partial charge < -0.3 is 4.74 Å². The van der Waals surface area contributed by atoms with Gasteiger partial charge in [-0.25, -0.2) is 12.7 Å². The molecule has 162 valence electrons. The van der Waals surface area contributed by atoms with Crippen molar-refractivity contribution in [2.75, 3.05) is 20.7 Å². The first-order valence-corrected chi connectivity index (χ1v) is 11.6. The molecule has 1 aliphatic heterocycles. The zero-order chi connectivity index (χ0) is 21.8. The van der Waals surface area contributed by atoms with Crippen LogP contribution >= 0.6 is 0 Å². The summed E-state index contributed by atoms with van der Waals surface area (Å²) in [5.74, 6) is 1.38. The number of rotatable bonds is 7. The minimum Gasteiger partial charge on any atom is -0.457 e. The maximum atomic E-state index is 13.4. The largest absolute Gasteiger partial charge is 0.457 e. The van der Waals surface area contributed by atoms with Crippen LogP contribution in [0.5, 0.6) is 11.5 Å². The Bertz CT molecular complexity index is 1110. The van der Waals surface area contributed by atoms with Gasteiger partial charge in [-0.05, 0) is 35.4 Å². The van der Waals surface area contributed by atoms with Crippen LogP contribution in [0.25, 0.3) is 0 Å². The highest BCUT2D eigenvalue weighted by molar-refractivity contribution is 7.89. The predicted molar refractivity (Wildman–Crippen MR) is 120 cm³/mol. The minimum atomic E-state index is -3.61. The smallest absolute Gasteiger partial charge is 0.221 e. The van der Waals surface area contributed by atoms with Crippen LogP contribution in [0, 0.1) is 0 Å². The van der Waals surface area contributed by atoms with Crippen LogP contribution in [0.4, 0.5) is 0 Å². The number of hydrogen-bond acceptors (Lipinski definition) is 5. The molecule has 1 aliphatic rings. The average molecular weight is 439 g/mol. The van der Waals surface area contributed by atoms with Crippen molar-refractivity contribution in [1.29, 1.82) is 0 Å². The normalized spacial score (nSPS) is 19.6. The van der Waals surface area contributed by atoms with Crippen LogP contribution < -0.4 is 4.74 Å². The number of sulfonamides is 1. The van der Waals surface area contributed by atoms with Gasteiger partial charge in [-0.2, -0.15) is 5.06 Å². The summed E-state index contributed by atoms with van der Waals surface area (Å²) >= 11 is 0. The molecular formula is C24H26N2O4S. The predicted octanol–water partition coefficient (Wildman–Crippen LogP) is 4.23. The van der Waals surface area contributed by atoms with E-state index in [1.165, 1.54) is 4.31 Å². The van der Waals surface area contributed by atoms with Crippen molar-refractivity contribution >= 4 is 10.0 Å². The number of para-hydroxylation sites is 1. The van der Waals surface area contributed by atoms with Crippen molar-refractivity contribution in [3.05, 3.63) is 96.1 Å². The molecule has 1 saturated heterocycles. The first-order valence-electron chi connectivity index (χ1n) is 10.1. The molecular weight excluding hydrogens is 412 g/mol. The zero-order valence-electron chi connectivity index (χ0n) is 17.6. The Balaban J connectivity index is 1.58. The molecule has 0 bridgehead atoms. The zero-order valence-corrected chi connectivity index (χ0v) is 18.4. The number of nitrogens with zero attached hydrogens (tertiary/aromatic N) is 2. The van der Waals surface area contributed by atoms with E-state index in [9.17, 15) is 8.42 Å². The Morgan fingerprint density at radius 3 is 2.32 bits per heavy atom. The first kappa shape index (κ1) is 21.5. The van der Waals surface area contributed by atoms with Crippen molar-refractivity contribution in [3.8, 4) is 11.5 Å². The summed E-state index contributed by atoms with van der Waals surface area (Å²) in [6.07, 6.45) is 0. The van der Waals surface area contributed by atoms with E-state index in [0.717, 1.165) is 16.9 Å². The Kier molecular flexibility index (Phi) is 6.38. The third-order valence-electron chi connectivity index (χ3n) is 5.43. The van der Waals surface area contributed by atoms with E-state index >= 15 is 0 Å². The minimum absolute atomic E-state index is 0.104. The average Bonchev–Trinajstić information content (AvgIpc) is 3.17. The van der Waals surface area contributed by atoms with Gasteiger partial charge in [0, 0.05) is 20.6 Å². The summed E-state index contributed by atoms with van der Waals surface area (Å²) in [5, 5.41) is 0.901. The SMILES string of the molecule is CN1OC[C@H](S(=O)(=O)N(C)Cc2ccccc2)[C@@H]1c1cccc(Oc2ccccc2)c1. The van der Waals surface area contributed by atoms with Gasteiger partial charge in [0.15, 0.2) is 0 Å². The lowest BCUT2D eigenvalue weighted by atomic mass is 10.0. The lowest BCUT2D eigenvalue weighted by Crippen LogP contribution is -2.40. The summed E-state index contributed by atoms with van der Waals surface area (Å²) < 4.78 is 34.2. The lowest BCUT2D eigenvalue weighted by molar-refractivity contribution is -0.110. The first-order chi connectivity index (χ1) is 14.9. The topological polar surface area (TPSA) is 59.1 Å². The fourth-order valence-corrected chi connectivity index (χ4v) is 5.50. The van der Waals surface area contributed by atoms with Crippen LogP contribution in [-0.2, 0) is 21.4 Å². The molecule has 0 unspecified atom stereocenters. The summed E-state index contributed by atoms with van der Waals surface area (Å²) in [6.45, 7) is 0.416. The molecule has 0 aromatic heterocycles. The van der Waals surface area contributed by atoms with Crippen molar-refractivity contribution in [2.24, 2.45) is 0 Å². The molecule has 0 spiro atoms. The maximum Gasteiger partial charge on any atom is 0.221 e. The van der Waals surface area contributed by atoms with Crippen molar-refractivity contribution in [2.45, 2.75) is 17.8 Å². The number of ether oxygens (including phenoxy) is 1. The van der Waals surface area contributed by atoms with E-state index in [1.54, 1.807) is 19.2 Å². The molecule has 0 saturated carbocycles. The third kappa shape index (κ3) is 4.80. The van der Waals surface area contributed by atoms with E-state index in [4.69, 9.17) is 9.57 Å². The molecule has 7 heteroatoms. The van der Waals surface area contributed by atoms with E-state index in [2.05, 4.69) is 0 Å². The summed E-state index contributed by atoms with van der Waals surface area (Å²) in [5.41, 5.74) is 1.77. The van der Waals surface area contributed by atoms with Gasteiger partial charge >= 0.3 is 0 Å². The monoisotopic (exact) mass is 438 g/mol. The van der Waals surface area contributed by atoms with E-state index < -0.39 is 21.3 Å². The van der Waals surface area contributed by atoms with E-state index in [1.807, 2.05) is 84.9 Å². The Morgan fingerprint density at radius 1 is 0.968 bits per heavy atom. The Hall–Kier alpha value is -2.71. The molecule has 0 amide bonds. The van der Waals surface area contributed by atoms with Crippen molar-refractivity contribution in [3.63, 3.8) is 0 Å². The van der Waals surface area contributed by atoms with Gasteiger partial charge in [0.2, 0.25) is 10.0 Å². The molecule has 4 rings (SSSR count). The van der Waals surface area contributed by atoms with Crippen LogP contribution in [-0.4, -0.2) is 43.7 Å². The molecule has 0 N–H and O–H groups in total. The van der Waals surface area contributed by atoms with Crippen molar-refractivity contribution in [1.82, 2.24) is 9.37 Å². The lowest BCUT2D eigenvalue weighted by Gasteiger charge is -2.27. The van der Waals surface area contributed by atoms with Crippen LogP contribution in [0.15, 0.2) is 84.9 Å². The fourth-order valence-electron chi connectivity index (χ4n) is 3.82. The molecule has 3 aromatic carbocycles. The number of hydrogen-bond donors (Lipinski definition) is 0. The summed E-state index contributed by atoms with van der Waals surface area (Å²) in [6, 6.07) is 26.1. The third-order valence-corrected chi connectivity index (χ3v) is 7.59. The van der Waals surface area contributed by atoms with Gasteiger partial charge in [0.05, 0.1) is 12.6 Å². The fraction of sp³-hybridized carbons (Fsp3) is 0.250. The molecule has 31 heavy (non-hydrogen) atoms. The van der Waals surface area contributed by atoms with E-state index in [0.29, 0.717) is 12.3 Å². The second-order valence-corrected chi connectivity index (χ2v) is 9.86.